The molecule has 1 aliphatic carbocycles. The molecule has 0 aromatic carbocycles. The van der Waals surface area contributed by atoms with Crippen molar-refractivity contribution in [2.45, 2.75) is 98.2 Å². The summed E-state index contributed by atoms with van der Waals surface area (Å²) in [5, 5.41) is 70.9. The van der Waals surface area contributed by atoms with Gasteiger partial charge >= 0.3 is 20.8 Å². The van der Waals surface area contributed by atoms with Gasteiger partial charge in [0.15, 0.2) is 12.6 Å². The van der Waals surface area contributed by atoms with E-state index in [-0.39, 0.29) is 23.9 Å². The molecule has 45 heavy (non-hydrogen) atoms. The molecule has 0 radical (unpaired) electrons. The number of rotatable bonds is 6. The Morgan fingerprint density at radius 2 is 1.00 bits per heavy atom. The summed E-state index contributed by atoms with van der Waals surface area (Å²) in [5.41, 5.74) is 23.5. The van der Waals surface area contributed by atoms with Crippen molar-refractivity contribution in [3.63, 3.8) is 0 Å². The van der Waals surface area contributed by atoms with Crippen LogP contribution in [0.1, 0.15) is 6.42 Å². The first-order valence-electron chi connectivity index (χ1n) is 12.2. The average Bonchev–Trinajstić information content (AvgIpc) is 2.86. The summed E-state index contributed by atoms with van der Waals surface area (Å²) in [6.07, 6.45) is -16.5. The van der Waals surface area contributed by atoms with Gasteiger partial charge in [-0.3, -0.25) is 18.2 Å². The lowest BCUT2D eigenvalue weighted by Crippen LogP contribution is -2.68. The van der Waals surface area contributed by atoms with Gasteiger partial charge in [0.2, 0.25) is 0 Å². The van der Waals surface area contributed by atoms with Crippen LogP contribution in [0.15, 0.2) is 0 Å². The zero-order valence-electron chi connectivity index (χ0n) is 23.1. The number of nitrogens with two attached hydrogens (primary N) is 4. The van der Waals surface area contributed by atoms with Crippen molar-refractivity contribution in [3.05, 3.63) is 0 Å². The molecule has 2 aliphatic heterocycles. The molecule has 274 valence electrons. The van der Waals surface area contributed by atoms with E-state index in [0.29, 0.717) is 0 Å². The van der Waals surface area contributed by atoms with Crippen LogP contribution in [0.4, 0.5) is 0 Å². The van der Waals surface area contributed by atoms with Crippen LogP contribution in [0, 0.1) is 0 Å². The van der Waals surface area contributed by atoms with Crippen molar-refractivity contribution in [1.82, 2.24) is 0 Å². The topological polar surface area (TPSA) is 495 Å². The first kappa shape index (κ1) is 46.2. The fourth-order valence-electron chi connectivity index (χ4n) is 4.40. The van der Waals surface area contributed by atoms with Gasteiger partial charge in [-0.1, -0.05) is 0 Å². The zero-order chi connectivity index (χ0) is 33.6. The highest BCUT2D eigenvalue weighted by atomic mass is 32.3. The molecule has 0 amide bonds. The van der Waals surface area contributed by atoms with Gasteiger partial charge in [-0.05, 0) is 6.42 Å². The smallest absolute Gasteiger partial charge is 0.394 e. The molecule has 23 N–H and O–H groups in total. The molecule has 0 bridgehead atoms. The minimum Gasteiger partial charge on any atom is -0.412 e. The predicted molar refractivity (Wildman–Crippen MR) is 143 cm³/mol. The molecule has 0 spiro atoms. The fourth-order valence-corrected chi connectivity index (χ4v) is 4.40. The van der Waals surface area contributed by atoms with Crippen LogP contribution >= 0.6 is 0 Å². The first-order chi connectivity index (χ1) is 19.5. The van der Waals surface area contributed by atoms with Crippen molar-refractivity contribution in [3.8, 4) is 0 Å². The Balaban J connectivity index is 0. The van der Waals surface area contributed by atoms with Crippen LogP contribution in [0.25, 0.3) is 0 Å². The minimum atomic E-state index is -4.67. The molecule has 3 rings (SSSR count). The monoisotopic (exact) mass is 716 g/mol. The van der Waals surface area contributed by atoms with Crippen LogP contribution in [0.3, 0.4) is 0 Å². The molecule has 3 fully saturated rings. The summed E-state index contributed by atoms with van der Waals surface area (Å²) in [6.45, 7) is -0.763. The van der Waals surface area contributed by atoms with Crippen molar-refractivity contribution in [1.29, 1.82) is 0 Å². The van der Waals surface area contributed by atoms with Gasteiger partial charge in [0.25, 0.3) is 0 Å². The standard InChI is InChI=1S/C18H36N4O11.2H2O4S.2H2O/c19-2-6-10(25)12(27)13(28)18(30-6)33-16-5(21)1-4(20)15(14(16)29)32-17-11(26)8(22)9(24)7(3-23)31-17;2*1-5(2,3)4;;/h4-18,23-29H,1-3,19-22H2;2*(H2,1,2,3,4);2*1H2. The molecule has 1 saturated carbocycles. The third-order valence-corrected chi connectivity index (χ3v) is 6.48. The van der Waals surface area contributed by atoms with E-state index < -0.39 is 119 Å². The van der Waals surface area contributed by atoms with Gasteiger partial charge in [-0.25, -0.2) is 0 Å². The molecule has 0 aromatic heterocycles. The Bertz CT molecular complexity index is 960. The number of ether oxygens (including phenoxy) is 4. The fraction of sp³-hybridized carbons (Fsp3) is 1.00. The number of hydrogen-bond donors (Lipinski definition) is 15. The van der Waals surface area contributed by atoms with Gasteiger partial charge in [0, 0.05) is 18.6 Å². The molecular weight excluding hydrogens is 672 g/mol. The van der Waals surface area contributed by atoms with Crippen LogP contribution < -0.4 is 22.9 Å². The van der Waals surface area contributed by atoms with Gasteiger partial charge in [-0.2, -0.15) is 16.8 Å². The third kappa shape index (κ3) is 14.4. The van der Waals surface area contributed by atoms with Gasteiger partial charge in [0.05, 0.1) is 12.6 Å². The Hall–Kier alpha value is -0.940. The lowest BCUT2D eigenvalue weighted by atomic mass is 9.84. The second-order valence-corrected chi connectivity index (χ2v) is 11.5. The SMILES string of the molecule is NCC1OC(OC2C(N)CC(N)C(OC3OC(CO)C(O)C(N)C3O)C2O)C(O)C(O)C1O.O.O.O=S(=O)(O)O.O=S(=O)(O)O. The Kier molecular flexibility index (Phi) is 19.7. The molecule has 25 nitrogen and oxygen atoms in total. The van der Waals surface area contributed by atoms with Crippen molar-refractivity contribution < 1.29 is 101 Å². The van der Waals surface area contributed by atoms with E-state index in [9.17, 15) is 35.7 Å². The van der Waals surface area contributed by atoms with Gasteiger partial charge < -0.3 is 88.6 Å². The highest BCUT2D eigenvalue weighted by molar-refractivity contribution is 7.80. The quantitative estimate of drug-likeness (QED) is 0.113. The first-order valence-corrected chi connectivity index (χ1v) is 15.0. The van der Waals surface area contributed by atoms with Crippen LogP contribution in [0.5, 0.6) is 0 Å². The maximum Gasteiger partial charge on any atom is 0.394 e. The van der Waals surface area contributed by atoms with Crippen molar-refractivity contribution >= 4 is 20.8 Å². The maximum atomic E-state index is 10.9. The summed E-state index contributed by atoms with van der Waals surface area (Å²) in [7, 11) is -9.33. The van der Waals surface area contributed by atoms with E-state index in [4.69, 9.17) is 76.9 Å². The number of aliphatic hydroxyl groups is 7. The second kappa shape index (κ2) is 19.2. The molecule has 3 aliphatic rings. The van der Waals surface area contributed by atoms with Crippen LogP contribution in [0.2, 0.25) is 0 Å². The molecule has 2 heterocycles. The zero-order valence-corrected chi connectivity index (χ0v) is 24.7. The Labute approximate surface area is 256 Å². The van der Waals surface area contributed by atoms with Gasteiger partial charge in [0.1, 0.15) is 61.0 Å². The average molecular weight is 717 g/mol. The lowest BCUT2D eigenvalue weighted by molar-refractivity contribution is -0.332. The van der Waals surface area contributed by atoms with Crippen LogP contribution in [-0.4, -0.2) is 187 Å². The molecule has 0 aromatic rings. The normalized spacial score (nSPS) is 42.0. The summed E-state index contributed by atoms with van der Waals surface area (Å²) in [5.74, 6) is 0. The van der Waals surface area contributed by atoms with E-state index in [1.165, 1.54) is 0 Å². The maximum absolute atomic E-state index is 10.9. The molecule has 15 atom stereocenters. The third-order valence-electron chi connectivity index (χ3n) is 6.48. The summed E-state index contributed by atoms with van der Waals surface area (Å²) in [4.78, 5) is 0. The van der Waals surface area contributed by atoms with Gasteiger partial charge in [-0.15, -0.1) is 0 Å². The minimum absolute atomic E-state index is 0. The van der Waals surface area contributed by atoms with Crippen molar-refractivity contribution in [2.75, 3.05) is 13.2 Å². The predicted octanol–water partition coefficient (Wildman–Crippen LogP) is -10.2. The highest BCUT2D eigenvalue weighted by Crippen LogP contribution is 2.31. The van der Waals surface area contributed by atoms with Crippen LogP contribution in [-0.2, 0) is 39.7 Å². The molecular formula is C18H44N4O21S2. The molecule has 15 unspecified atom stereocenters. The summed E-state index contributed by atoms with van der Waals surface area (Å²) in [6, 6.07) is -2.86. The molecule has 27 heteroatoms. The Morgan fingerprint density at radius 1 is 0.622 bits per heavy atom. The summed E-state index contributed by atoms with van der Waals surface area (Å²) < 4.78 is 85.4. The molecule has 2 saturated heterocycles. The van der Waals surface area contributed by atoms with E-state index in [0.717, 1.165) is 0 Å². The lowest BCUT2D eigenvalue weighted by Gasteiger charge is -2.48. The highest BCUT2D eigenvalue weighted by Gasteiger charge is 2.51. The number of hydrogen-bond acceptors (Lipinski definition) is 19. The van der Waals surface area contributed by atoms with E-state index in [1.807, 2.05) is 0 Å². The summed E-state index contributed by atoms with van der Waals surface area (Å²) >= 11 is 0. The van der Waals surface area contributed by atoms with E-state index in [2.05, 4.69) is 0 Å². The van der Waals surface area contributed by atoms with Crippen molar-refractivity contribution in [2.24, 2.45) is 22.9 Å². The Morgan fingerprint density at radius 3 is 1.38 bits per heavy atom. The van der Waals surface area contributed by atoms with E-state index >= 15 is 0 Å². The second-order valence-electron chi connectivity index (χ2n) is 9.69. The van der Waals surface area contributed by atoms with E-state index in [1.54, 1.807) is 0 Å². The largest absolute Gasteiger partial charge is 0.412 e. The number of aliphatic hydroxyl groups excluding tert-OH is 7.